The van der Waals surface area contributed by atoms with Gasteiger partial charge in [0.25, 0.3) is 5.91 Å². The predicted octanol–water partition coefficient (Wildman–Crippen LogP) is 3.89. The van der Waals surface area contributed by atoms with Crippen LogP contribution in [0.5, 0.6) is 0 Å². The summed E-state index contributed by atoms with van der Waals surface area (Å²) in [5.74, 6) is -0.513. The number of benzene rings is 2. The summed E-state index contributed by atoms with van der Waals surface area (Å²) in [7, 11) is 0. The van der Waals surface area contributed by atoms with Gasteiger partial charge in [-0.05, 0) is 23.3 Å². The van der Waals surface area contributed by atoms with Gasteiger partial charge in [0, 0.05) is 18.1 Å². The number of fused-ring (bicyclic) bond motifs is 1. The molecule has 0 bridgehead atoms. The van der Waals surface area contributed by atoms with E-state index in [-0.39, 0.29) is 5.56 Å². The van der Waals surface area contributed by atoms with Crippen molar-refractivity contribution in [2.45, 2.75) is 19.1 Å². The Bertz CT molecular complexity index is 879. The first-order valence-corrected chi connectivity index (χ1v) is 7.36. The second-order valence-electron chi connectivity index (χ2n) is 5.66. The quantitative estimate of drug-likeness (QED) is 0.774. The molecule has 2 aromatic carbocycles. The fourth-order valence-corrected chi connectivity index (χ4v) is 2.78. The van der Waals surface area contributed by atoms with Crippen molar-refractivity contribution in [1.29, 1.82) is 0 Å². The molecule has 1 aromatic heterocycles. The Morgan fingerprint density at radius 2 is 1.67 bits per heavy atom. The number of halogens is 3. The van der Waals surface area contributed by atoms with Crippen LogP contribution in [-0.4, -0.2) is 16.7 Å². The molecule has 0 aliphatic heterocycles. The first-order valence-electron chi connectivity index (χ1n) is 7.36. The zero-order valence-corrected chi connectivity index (χ0v) is 12.7. The summed E-state index contributed by atoms with van der Waals surface area (Å²) in [5, 5.41) is 0.889. The van der Waals surface area contributed by atoms with Crippen LogP contribution in [0, 0.1) is 0 Å². The zero-order chi connectivity index (χ0) is 17.3. The molecule has 1 amide bonds. The highest BCUT2D eigenvalue weighted by Gasteiger charge is 2.27. The number of nitrogens with two attached hydrogens (primary N) is 1. The molecule has 0 aliphatic rings. The van der Waals surface area contributed by atoms with E-state index >= 15 is 0 Å². The number of rotatable bonds is 4. The van der Waals surface area contributed by atoms with Crippen LogP contribution in [0.15, 0.2) is 54.7 Å². The van der Waals surface area contributed by atoms with E-state index in [4.69, 9.17) is 5.73 Å². The Morgan fingerprint density at radius 3 is 2.29 bits per heavy atom. The summed E-state index contributed by atoms with van der Waals surface area (Å²) < 4.78 is 39.1. The van der Waals surface area contributed by atoms with Gasteiger partial charge in [-0.2, -0.15) is 13.2 Å². The molecule has 0 atom stereocenters. The molecule has 0 unspecified atom stereocenters. The highest BCUT2D eigenvalue weighted by molar-refractivity contribution is 6.05. The Hall–Kier alpha value is -2.76. The Kier molecular flexibility index (Phi) is 4.05. The average Bonchev–Trinajstić information content (AvgIpc) is 2.91. The molecule has 0 fully saturated rings. The van der Waals surface area contributed by atoms with Gasteiger partial charge in [-0.1, -0.05) is 36.4 Å². The lowest BCUT2D eigenvalue weighted by molar-refractivity contribution is -0.127. The number of para-hydroxylation sites is 1. The number of primary amides is 1. The zero-order valence-electron chi connectivity index (χ0n) is 12.7. The fraction of sp³-hybridized carbons (Fsp3) is 0.167. The molecule has 3 nitrogen and oxygen atoms in total. The number of amides is 1. The Morgan fingerprint density at radius 1 is 1.00 bits per heavy atom. The third-order valence-corrected chi connectivity index (χ3v) is 3.83. The number of aromatic nitrogens is 1. The number of nitrogens with zero attached hydrogens (tertiary/aromatic N) is 1. The van der Waals surface area contributed by atoms with Gasteiger partial charge in [0.15, 0.2) is 0 Å². The Balaban J connectivity index is 1.89. The summed E-state index contributed by atoms with van der Waals surface area (Å²) in [6.07, 6.45) is -3.32. The third kappa shape index (κ3) is 3.42. The van der Waals surface area contributed by atoms with Crippen molar-refractivity contribution in [1.82, 2.24) is 4.57 Å². The van der Waals surface area contributed by atoms with Gasteiger partial charge in [0.2, 0.25) is 0 Å². The van der Waals surface area contributed by atoms with E-state index in [2.05, 4.69) is 0 Å². The van der Waals surface area contributed by atoms with Gasteiger partial charge >= 0.3 is 6.18 Å². The number of hydrogen-bond acceptors (Lipinski definition) is 1. The molecular weight excluding hydrogens is 317 g/mol. The molecule has 24 heavy (non-hydrogen) atoms. The van der Waals surface area contributed by atoms with Crippen LogP contribution >= 0.6 is 0 Å². The third-order valence-electron chi connectivity index (χ3n) is 3.83. The van der Waals surface area contributed by atoms with Crippen LogP contribution in [0.3, 0.4) is 0 Å². The summed E-state index contributed by atoms with van der Waals surface area (Å²) >= 11 is 0. The minimum atomic E-state index is -4.21. The Labute approximate surface area is 136 Å². The molecule has 3 rings (SSSR count). The summed E-state index contributed by atoms with van der Waals surface area (Å²) in [5.41, 5.74) is 7.64. The second-order valence-corrected chi connectivity index (χ2v) is 5.66. The monoisotopic (exact) mass is 332 g/mol. The molecule has 0 saturated heterocycles. The number of carbonyl (C=O) groups is 1. The topological polar surface area (TPSA) is 48.0 Å². The van der Waals surface area contributed by atoms with E-state index in [0.717, 1.165) is 16.5 Å². The molecule has 0 aliphatic carbocycles. The van der Waals surface area contributed by atoms with Crippen LogP contribution in [-0.2, 0) is 13.0 Å². The summed E-state index contributed by atoms with van der Waals surface area (Å²) in [6, 6.07) is 13.5. The van der Waals surface area contributed by atoms with E-state index in [1.165, 1.54) is 12.1 Å². The summed E-state index contributed by atoms with van der Waals surface area (Å²) in [4.78, 5) is 11.6. The second kappa shape index (κ2) is 6.03. The lowest BCUT2D eigenvalue weighted by Gasteiger charge is -2.10. The molecule has 1 heterocycles. The van der Waals surface area contributed by atoms with E-state index in [1.807, 2.05) is 22.9 Å². The molecule has 0 saturated carbocycles. The van der Waals surface area contributed by atoms with Gasteiger partial charge in [-0.3, -0.25) is 4.79 Å². The molecule has 3 aromatic rings. The van der Waals surface area contributed by atoms with E-state index in [0.29, 0.717) is 12.1 Å². The number of alkyl halides is 3. The van der Waals surface area contributed by atoms with Gasteiger partial charge in [0.1, 0.15) is 0 Å². The van der Waals surface area contributed by atoms with Crippen LogP contribution in [0.1, 0.15) is 21.5 Å². The van der Waals surface area contributed by atoms with E-state index in [9.17, 15) is 18.0 Å². The highest BCUT2D eigenvalue weighted by atomic mass is 19.4. The largest absolute Gasteiger partial charge is 0.393 e. The van der Waals surface area contributed by atoms with Crippen molar-refractivity contribution in [3.63, 3.8) is 0 Å². The van der Waals surface area contributed by atoms with Crippen molar-refractivity contribution in [2.24, 2.45) is 5.73 Å². The van der Waals surface area contributed by atoms with Gasteiger partial charge in [0.05, 0.1) is 17.5 Å². The van der Waals surface area contributed by atoms with E-state index in [1.54, 1.807) is 24.3 Å². The summed E-state index contributed by atoms with van der Waals surface area (Å²) in [6.45, 7) is 0.445. The van der Waals surface area contributed by atoms with E-state index < -0.39 is 18.5 Å². The van der Waals surface area contributed by atoms with Crippen molar-refractivity contribution in [2.75, 3.05) is 0 Å². The van der Waals surface area contributed by atoms with Crippen molar-refractivity contribution < 1.29 is 18.0 Å². The van der Waals surface area contributed by atoms with Crippen LogP contribution in [0.2, 0.25) is 0 Å². The van der Waals surface area contributed by atoms with Crippen molar-refractivity contribution in [3.05, 3.63) is 71.4 Å². The maximum Gasteiger partial charge on any atom is 0.393 e. The molecule has 124 valence electrons. The minimum absolute atomic E-state index is 0.224. The normalized spacial score (nSPS) is 11.8. The molecule has 6 heteroatoms. The lowest BCUT2D eigenvalue weighted by atomic mass is 10.1. The first-order chi connectivity index (χ1) is 11.3. The van der Waals surface area contributed by atoms with Crippen LogP contribution < -0.4 is 5.73 Å². The number of hydrogen-bond donors (Lipinski definition) is 1. The van der Waals surface area contributed by atoms with Crippen molar-refractivity contribution >= 4 is 16.8 Å². The first kappa shape index (κ1) is 16.1. The molecular formula is C18H15F3N2O. The highest BCUT2D eigenvalue weighted by Crippen LogP contribution is 2.23. The standard InChI is InChI=1S/C18H15F3N2O/c19-18(20,21)10-12-4-6-13(7-5-12)11-23-9-8-14-2-1-3-15(16(14)23)17(22)24/h1-9H,10-11H2,(H2,22,24). The van der Waals surface area contributed by atoms with Crippen LogP contribution in [0.25, 0.3) is 10.9 Å². The smallest absolute Gasteiger partial charge is 0.366 e. The minimum Gasteiger partial charge on any atom is -0.366 e. The predicted molar refractivity (Wildman–Crippen MR) is 85.8 cm³/mol. The maximum absolute atomic E-state index is 12.4. The van der Waals surface area contributed by atoms with Crippen molar-refractivity contribution in [3.8, 4) is 0 Å². The SMILES string of the molecule is NC(=O)c1cccc2ccn(Cc3ccc(CC(F)(F)F)cc3)c12. The van der Waals surface area contributed by atoms with Crippen LogP contribution in [0.4, 0.5) is 13.2 Å². The molecule has 2 N–H and O–H groups in total. The van der Waals surface area contributed by atoms with Gasteiger partial charge < -0.3 is 10.3 Å². The molecule has 0 spiro atoms. The fourth-order valence-electron chi connectivity index (χ4n) is 2.78. The lowest BCUT2D eigenvalue weighted by Crippen LogP contribution is -2.13. The average molecular weight is 332 g/mol. The molecule has 0 radical (unpaired) electrons. The number of carbonyl (C=O) groups excluding carboxylic acids is 1. The maximum atomic E-state index is 12.4. The van der Waals surface area contributed by atoms with Gasteiger partial charge in [-0.25, -0.2) is 0 Å². The van der Waals surface area contributed by atoms with Gasteiger partial charge in [-0.15, -0.1) is 0 Å².